The van der Waals surface area contributed by atoms with E-state index in [1.54, 1.807) is 48.5 Å². The van der Waals surface area contributed by atoms with Crippen molar-refractivity contribution in [1.82, 2.24) is 0 Å². The number of esters is 1. The molecule has 0 heterocycles. The summed E-state index contributed by atoms with van der Waals surface area (Å²) < 4.78 is 15.8. The fraction of sp³-hybridized carbons (Fsp3) is 0.0909. The molecule has 142 valence electrons. The van der Waals surface area contributed by atoms with Crippen LogP contribution in [0.5, 0.6) is 17.2 Å². The summed E-state index contributed by atoms with van der Waals surface area (Å²) in [5.41, 5.74) is 1.17. The van der Waals surface area contributed by atoms with Crippen molar-refractivity contribution < 1.29 is 23.8 Å². The molecule has 0 saturated heterocycles. The number of ether oxygens (including phenoxy) is 3. The highest BCUT2D eigenvalue weighted by Crippen LogP contribution is 2.28. The molecule has 0 aliphatic rings. The van der Waals surface area contributed by atoms with E-state index in [2.05, 4.69) is 5.32 Å². The van der Waals surface area contributed by atoms with Gasteiger partial charge in [0.15, 0.2) is 11.5 Å². The van der Waals surface area contributed by atoms with Crippen LogP contribution >= 0.6 is 0 Å². The monoisotopic (exact) mass is 377 g/mol. The van der Waals surface area contributed by atoms with Crippen LogP contribution in [0.2, 0.25) is 0 Å². The Morgan fingerprint density at radius 2 is 1.43 bits per heavy atom. The first-order chi connectivity index (χ1) is 13.6. The van der Waals surface area contributed by atoms with E-state index in [9.17, 15) is 9.59 Å². The Kier molecular flexibility index (Phi) is 5.91. The van der Waals surface area contributed by atoms with Gasteiger partial charge in [0.25, 0.3) is 5.91 Å². The lowest BCUT2D eigenvalue weighted by atomic mass is 10.1. The molecule has 0 fully saturated rings. The number of nitrogens with one attached hydrogen (secondary N) is 1. The highest BCUT2D eigenvalue weighted by Gasteiger charge is 2.17. The van der Waals surface area contributed by atoms with Gasteiger partial charge in [0, 0.05) is 5.69 Å². The summed E-state index contributed by atoms with van der Waals surface area (Å²) in [6, 6.07) is 20.3. The van der Waals surface area contributed by atoms with Crippen LogP contribution in [-0.2, 0) is 0 Å². The zero-order valence-corrected chi connectivity index (χ0v) is 15.5. The van der Waals surface area contributed by atoms with Gasteiger partial charge in [-0.3, -0.25) is 4.79 Å². The van der Waals surface area contributed by atoms with Crippen molar-refractivity contribution in [2.24, 2.45) is 0 Å². The number of benzene rings is 3. The maximum Gasteiger partial charge on any atom is 0.343 e. The molecule has 6 heteroatoms. The van der Waals surface area contributed by atoms with Crippen molar-refractivity contribution in [2.75, 3.05) is 19.5 Å². The minimum absolute atomic E-state index is 0.163. The van der Waals surface area contributed by atoms with Crippen molar-refractivity contribution in [1.29, 1.82) is 0 Å². The molecule has 3 rings (SSSR count). The normalized spacial score (nSPS) is 10.1. The second-order valence-electron chi connectivity index (χ2n) is 5.78. The Morgan fingerprint density at radius 3 is 2.14 bits per heavy atom. The molecule has 3 aromatic carbocycles. The summed E-state index contributed by atoms with van der Waals surface area (Å²) in [4.78, 5) is 25.2. The summed E-state index contributed by atoms with van der Waals surface area (Å²) in [5.74, 6) is 0.0901. The van der Waals surface area contributed by atoms with Gasteiger partial charge in [-0.25, -0.2) is 4.79 Å². The van der Waals surface area contributed by atoms with Crippen LogP contribution in [0.3, 0.4) is 0 Å². The molecule has 0 saturated carbocycles. The third-order valence-electron chi connectivity index (χ3n) is 3.99. The van der Waals surface area contributed by atoms with Crippen molar-refractivity contribution >= 4 is 17.6 Å². The lowest BCUT2D eigenvalue weighted by molar-refractivity contribution is 0.0732. The van der Waals surface area contributed by atoms with Crippen molar-refractivity contribution in [3.8, 4) is 17.2 Å². The van der Waals surface area contributed by atoms with Gasteiger partial charge < -0.3 is 19.5 Å². The molecule has 0 spiro atoms. The van der Waals surface area contributed by atoms with Crippen molar-refractivity contribution in [3.05, 3.63) is 83.9 Å². The van der Waals surface area contributed by atoms with E-state index in [1.165, 1.54) is 20.3 Å². The van der Waals surface area contributed by atoms with Gasteiger partial charge in [-0.2, -0.15) is 0 Å². The van der Waals surface area contributed by atoms with Crippen LogP contribution in [0, 0.1) is 0 Å². The smallest absolute Gasteiger partial charge is 0.343 e. The van der Waals surface area contributed by atoms with E-state index in [0.29, 0.717) is 17.2 Å². The summed E-state index contributed by atoms with van der Waals surface area (Å²) in [5, 5.41) is 2.78. The molecule has 0 aliphatic carbocycles. The highest BCUT2D eigenvalue weighted by atomic mass is 16.5. The number of anilines is 1. The quantitative estimate of drug-likeness (QED) is 0.515. The molecule has 0 unspecified atom stereocenters. The standard InChI is InChI=1S/C22H19NO5/c1-26-19-13-12-15(14-20(19)27-2)22(25)28-18-11-7-6-10-17(18)21(24)23-16-8-4-3-5-9-16/h3-14H,1-2H3,(H,23,24). The molecule has 1 amide bonds. The van der Waals surface area contributed by atoms with Gasteiger partial charge >= 0.3 is 5.97 Å². The third-order valence-corrected chi connectivity index (χ3v) is 3.99. The van der Waals surface area contributed by atoms with E-state index in [1.807, 2.05) is 18.2 Å². The average Bonchev–Trinajstić information content (AvgIpc) is 2.74. The second-order valence-corrected chi connectivity index (χ2v) is 5.78. The molecular weight excluding hydrogens is 358 g/mol. The van der Waals surface area contributed by atoms with Gasteiger partial charge in [0.05, 0.1) is 25.3 Å². The van der Waals surface area contributed by atoms with Crippen LogP contribution < -0.4 is 19.5 Å². The molecule has 28 heavy (non-hydrogen) atoms. The first-order valence-corrected chi connectivity index (χ1v) is 8.52. The Hall–Kier alpha value is -3.80. The van der Waals surface area contributed by atoms with E-state index < -0.39 is 5.97 Å². The van der Waals surface area contributed by atoms with Gasteiger partial charge in [0.1, 0.15) is 5.75 Å². The number of methoxy groups -OCH3 is 2. The summed E-state index contributed by atoms with van der Waals surface area (Å²) in [7, 11) is 2.99. The predicted molar refractivity (Wildman–Crippen MR) is 105 cm³/mol. The van der Waals surface area contributed by atoms with Gasteiger partial charge in [-0.05, 0) is 42.5 Å². The fourth-order valence-electron chi connectivity index (χ4n) is 2.59. The summed E-state index contributed by atoms with van der Waals surface area (Å²) >= 11 is 0. The molecule has 3 aromatic rings. The molecule has 0 bridgehead atoms. The Morgan fingerprint density at radius 1 is 0.750 bits per heavy atom. The SMILES string of the molecule is COc1ccc(C(=O)Oc2ccccc2C(=O)Nc2ccccc2)cc1OC. The van der Waals surface area contributed by atoms with Crippen LogP contribution in [0.15, 0.2) is 72.8 Å². The minimum atomic E-state index is -0.610. The Labute approximate surface area is 162 Å². The van der Waals surface area contributed by atoms with Gasteiger partial charge in [0.2, 0.25) is 0 Å². The van der Waals surface area contributed by atoms with Crippen molar-refractivity contribution in [2.45, 2.75) is 0 Å². The number of hydrogen-bond acceptors (Lipinski definition) is 5. The molecule has 1 N–H and O–H groups in total. The van der Waals surface area contributed by atoms with Gasteiger partial charge in [-0.1, -0.05) is 30.3 Å². The summed E-state index contributed by atoms with van der Waals surface area (Å²) in [6.45, 7) is 0. The largest absolute Gasteiger partial charge is 0.493 e. The fourth-order valence-corrected chi connectivity index (χ4v) is 2.59. The van der Waals surface area contributed by atoms with E-state index in [0.717, 1.165) is 0 Å². The lowest BCUT2D eigenvalue weighted by Crippen LogP contribution is -2.16. The number of hydrogen-bond donors (Lipinski definition) is 1. The number of amides is 1. The first kappa shape index (κ1) is 19.0. The van der Waals surface area contributed by atoms with Crippen LogP contribution in [0.1, 0.15) is 20.7 Å². The Balaban J connectivity index is 1.81. The Bertz CT molecular complexity index is 985. The zero-order chi connectivity index (χ0) is 19.9. The zero-order valence-electron chi connectivity index (χ0n) is 15.5. The minimum Gasteiger partial charge on any atom is -0.493 e. The number of para-hydroxylation sites is 2. The van der Waals surface area contributed by atoms with Crippen LogP contribution in [0.4, 0.5) is 5.69 Å². The maximum atomic E-state index is 12.6. The lowest BCUT2D eigenvalue weighted by Gasteiger charge is -2.12. The van der Waals surface area contributed by atoms with E-state index in [-0.39, 0.29) is 22.8 Å². The van der Waals surface area contributed by atoms with E-state index >= 15 is 0 Å². The van der Waals surface area contributed by atoms with Crippen LogP contribution in [0.25, 0.3) is 0 Å². The number of rotatable bonds is 6. The number of carbonyl (C=O) groups excluding carboxylic acids is 2. The van der Waals surface area contributed by atoms with E-state index in [4.69, 9.17) is 14.2 Å². The first-order valence-electron chi connectivity index (χ1n) is 8.52. The number of carbonyl (C=O) groups is 2. The molecule has 0 atom stereocenters. The molecule has 0 aliphatic heterocycles. The second kappa shape index (κ2) is 8.73. The molecule has 0 radical (unpaired) electrons. The summed E-state index contributed by atoms with van der Waals surface area (Å²) in [6.07, 6.45) is 0. The van der Waals surface area contributed by atoms with Crippen LogP contribution in [-0.4, -0.2) is 26.1 Å². The molecule has 0 aromatic heterocycles. The third kappa shape index (κ3) is 4.29. The van der Waals surface area contributed by atoms with Gasteiger partial charge in [-0.15, -0.1) is 0 Å². The van der Waals surface area contributed by atoms with Crippen molar-refractivity contribution in [3.63, 3.8) is 0 Å². The topological polar surface area (TPSA) is 73.9 Å². The molecular formula is C22H19NO5. The highest BCUT2D eigenvalue weighted by molar-refractivity contribution is 6.07. The average molecular weight is 377 g/mol. The maximum absolute atomic E-state index is 12.6. The molecule has 6 nitrogen and oxygen atoms in total. The predicted octanol–water partition coefficient (Wildman–Crippen LogP) is 4.18.